The Morgan fingerprint density at radius 2 is 2.19 bits per heavy atom. The summed E-state index contributed by atoms with van der Waals surface area (Å²) in [6.45, 7) is 1.63. The van der Waals surface area contributed by atoms with Crippen LogP contribution in [0.3, 0.4) is 0 Å². The van der Waals surface area contributed by atoms with Gasteiger partial charge in [-0.15, -0.1) is 11.3 Å². The Morgan fingerprint density at radius 3 is 2.75 bits per heavy atom. The molecule has 0 aliphatic carbocycles. The highest BCUT2D eigenvalue weighted by atomic mass is 35.5. The van der Waals surface area contributed by atoms with Gasteiger partial charge in [-0.3, -0.25) is 4.79 Å². The number of aromatic amines is 1. The molecule has 0 bridgehead atoms. The fourth-order valence-corrected chi connectivity index (χ4v) is 2.66. The van der Waals surface area contributed by atoms with Crippen LogP contribution in [0.2, 0.25) is 5.02 Å². The van der Waals surface area contributed by atoms with Crippen LogP contribution in [0.1, 0.15) is 15.2 Å². The summed E-state index contributed by atoms with van der Waals surface area (Å²) in [4.78, 5) is 25.2. The monoisotopic (exact) mass is 258 g/mol. The summed E-state index contributed by atoms with van der Waals surface area (Å²) in [6.07, 6.45) is 0. The number of aromatic nitrogens is 1. The molecule has 2 rings (SSSR count). The van der Waals surface area contributed by atoms with Crippen molar-refractivity contribution in [3.05, 3.63) is 25.8 Å². The van der Waals surface area contributed by atoms with Gasteiger partial charge in [0.05, 0.1) is 5.69 Å². The van der Waals surface area contributed by atoms with Crippen LogP contribution in [0.15, 0.2) is 4.79 Å². The molecular formula is C9H7ClN2O3S. The maximum absolute atomic E-state index is 11.4. The number of halogens is 1. The van der Waals surface area contributed by atoms with Crippen molar-refractivity contribution in [1.82, 2.24) is 4.98 Å². The van der Waals surface area contributed by atoms with E-state index in [-0.39, 0.29) is 15.6 Å². The third kappa shape index (κ3) is 1.38. The quantitative estimate of drug-likeness (QED) is 0.727. The van der Waals surface area contributed by atoms with Gasteiger partial charge in [-0.05, 0) is 12.5 Å². The van der Waals surface area contributed by atoms with E-state index in [9.17, 15) is 9.59 Å². The lowest BCUT2D eigenvalue weighted by Crippen LogP contribution is -2.07. The Hall–Kier alpha value is -1.53. The molecule has 2 aromatic rings. The van der Waals surface area contributed by atoms with E-state index in [2.05, 4.69) is 4.98 Å². The minimum atomic E-state index is -1.12. The van der Waals surface area contributed by atoms with Gasteiger partial charge in [-0.1, -0.05) is 11.6 Å². The van der Waals surface area contributed by atoms with Crippen LogP contribution in [-0.4, -0.2) is 16.1 Å². The Kier molecular flexibility index (Phi) is 2.40. The van der Waals surface area contributed by atoms with Gasteiger partial charge in [-0.2, -0.15) is 0 Å². The van der Waals surface area contributed by atoms with Gasteiger partial charge in [0.1, 0.15) is 14.7 Å². The van der Waals surface area contributed by atoms with E-state index in [1.165, 1.54) is 0 Å². The summed E-state index contributed by atoms with van der Waals surface area (Å²) in [5.41, 5.74) is 5.91. The predicted molar refractivity (Wildman–Crippen MR) is 63.6 cm³/mol. The van der Waals surface area contributed by atoms with Crippen LogP contribution < -0.4 is 11.3 Å². The maximum Gasteiger partial charge on any atom is 0.348 e. The molecule has 0 radical (unpaired) electrons. The second kappa shape index (κ2) is 3.50. The zero-order valence-corrected chi connectivity index (χ0v) is 9.70. The standard InChI is InChI=1S/C9H7ClN2O3S/c1-2-3-5(11)6(9(14)15)16-8(3)12-7(13)4(2)10/h11H2,1H3,(H,12,13)(H,14,15). The van der Waals surface area contributed by atoms with Crippen molar-refractivity contribution in [2.75, 3.05) is 5.73 Å². The molecule has 2 heterocycles. The van der Waals surface area contributed by atoms with Gasteiger partial charge < -0.3 is 15.8 Å². The summed E-state index contributed by atoms with van der Waals surface area (Å²) in [7, 11) is 0. The zero-order valence-electron chi connectivity index (χ0n) is 8.13. The first-order chi connectivity index (χ1) is 7.43. The number of hydrogen-bond donors (Lipinski definition) is 3. The van der Waals surface area contributed by atoms with Crippen LogP contribution >= 0.6 is 22.9 Å². The van der Waals surface area contributed by atoms with E-state index in [0.717, 1.165) is 11.3 Å². The summed E-state index contributed by atoms with van der Waals surface area (Å²) in [5, 5.41) is 9.44. The van der Waals surface area contributed by atoms with Crippen molar-refractivity contribution in [3.63, 3.8) is 0 Å². The van der Waals surface area contributed by atoms with Crippen LogP contribution in [-0.2, 0) is 0 Å². The van der Waals surface area contributed by atoms with Gasteiger partial charge in [0.15, 0.2) is 0 Å². The second-order valence-corrected chi connectivity index (χ2v) is 4.65. The molecule has 0 saturated carbocycles. The summed E-state index contributed by atoms with van der Waals surface area (Å²) >= 11 is 6.71. The Morgan fingerprint density at radius 1 is 1.56 bits per heavy atom. The van der Waals surface area contributed by atoms with Gasteiger partial charge in [0.2, 0.25) is 0 Å². The highest BCUT2D eigenvalue weighted by Gasteiger charge is 2.19. The molecule has 0 aliphatic rings. The number of H-pyrrole nitrogens is 1. The number of rotatable bonds is 1. The van der Waals surface area contributed by atoms with Crippen molar-refractivity contribution in [2.45, 2.75) is 6.92 Å². The van der Waals surface area contributed by atoms with Crippen molar-refractivity contribution < 1.29 is 9.90 Å². The molecule has 5 nitrogen and oxygen atoms in total. The zero-order chi connectivity index (χ0) is 12.0. The van der Waals surface area contributed by atoms with Crippen LogP contribution in [0.5, 0.6) is 0 Å². The molecule has 7 heteroatoms. The predicted octanol–water partition coefficient (Wildman–Crippen LogP) is 1.83. The lowest BCUT2D eigenvalue weighted by Gasteiger charge is -1.99. The lowest BCUT2D eigenvalue weighted by atomic mass is 10.2. The molecule has 0 unspecified atom stereocenters. The summed E-state index contributed by atoms with van der Waals surface area (Å²) in [5.74, 6) is -1.12. The van der Waals surface area contributed by atoms with Crippen LogP contribution in [0, 0.1) is 6.92 Å². The first kappa shape index (κ1) is 11.0. The summed E-state index contributed by atoms with van der Waals surface area (Å²) in [6, 6.07) is 0. The number of carboxylic acids is 1. The molecule has 0 aliphatic heterocycles. The third-order valence-electron chi connectivity index (χ3n) is 2.27. The topological polar surface area (TPSA) is 96.2 Å². The number of anilines is 1. The fraction of sp³-hybridized carbons (Fsp3) is 0.111. The van der Waals surface area contributed by atoms with E-state index in [4.69, 9.17) is 22.4 Å². The number of aromatic carboxylic acids is 1. The SMILES string of the molecule is Cc1c(Cl)c(=O)[nH]c2sc(C(=O)O)c(N)c12. The molecular weight excluding hydrogens is 252 g/mol. The normalized spacial score (nSPS) is 10.9. The summed E-state index contributed by atoms with van der Waals surface area (Å²) < 4.78 is 0. The molecule has 16 heavy (non-hydrogen) atoms. The Balaban J connectivity index is 2.99. The number of nitrogen functional groups attached to an aromatic ring is 1. The number of nitrogens with two attached hydrogens (primary N) is 1. The number of fused-ring (bicyclic) bond motifs is 1. The number of hydrogen-bond acceptors (Lipinski definition) is 4. The molecule has 84 valence electrons. The minimum Gasteiger partial charge on any atom is -0.477 e. The van der Waals surface area contributed by atoms with Gasteiger partial charge in [0.25, 0.3) is 5.56 Å². The average molecular weight is 259 g/mol. The van der Waals surface area contributed by atoms with Gasteiger partial charge in [0, 0.05) is 5.39 Å². The molecule has 2 aromatic heterocycles. The maximum atomic E-state index is 11.4. The minimum absolute atomic E-state index is 0.0102. The van der Waals surface area contributed by atoms with E-state index in [1.54, 1.807) is 6.92 Å². The van der Waals surface area contributed by atoms with Gasteiger partial charge in [-0.25, -0.2) is 4.79 Å². The van der Waals surface area contributed by atoms with Crippen LogP contribution in [0.4, 0.5) is 5.69 Å². The molecule has 4 N–H and O–H groups in total. The lowest BCUT2D eigenvalue weighted by molar-refractivity contribution is 0.0703. The largest absolute Gasteiger partial charge is 0.477 e. The van der Waals surface area contributed by atoms with E-state index < -0.39 is 11.5 Å². The Bertz CT molecular complexity index is 659. The van der Waals surface area contributed by atoms with Crippen molar-refractivity contribution in [1.29, 1.82) is 0 Å². The van der Waals surface area contributed by atoms with E-state index >= 15 is 0 Å². The average Bonchev–Trinajstić information content (AvgIpc) is 2.52. The van der Waals surface area contributed by atoms with Crippen LogP contribution in [0.25, 0.3) is 10.2 Å². The first-order valence-electron chi connectivity index (χ1n) is 4.27. The second-order valence-electron chi connectivity index (χ2n) is 3.25. The molecule has 0 aromatic carbocycles. The van der Waals surface area contributed by atoms with E-state index in [1.807, 2.05) is 0 Å². The molecule has 0 amide bonds. The number of pyridine rings is 1. The molecule has 0 fully saturated rings. The number of thiophene rings is 1. The van der Waals surface area contributed by atoms with Gasteiger partial charge >= 0.3 is 5.97 Å². The first-order valence-corrected chi connectivity index (χ1v) is 5.46. The smallest absolute Gasteiger partial charge is 0.348 e. The van der Waals surface area contributed by atoms with Crippen molar-refractivity contribution in [3.8, 4) is 0 Å². The third-order valence-corrected chi connectivity index (χ3v) is 3.83. The molecule has 0 atom stereocenters. The highest BCUT2D eigenvalue weighted by molar-refractivity contribution is 7.21. The number of nitrogens with one attached hydrogen (secondary N) is 1. The fourth-order valence-electron chi connectivity index (χ4n) is 1.50. The number of carbonyl (C=O) groups is 1. The molecule has 0 saturated heterocycles. The van der Waals surface area contributed by atoms with E-state index in [0.29, 0.717) is 15.8 Å². The van der Waals surface area contributed by atoms with Crippen molar-refractivity contribution in [2.24, 2.45) is 0 Å². The Labute approximate surface area is 98.5 Å². The number of aryl methyl sites for hydroxylation is 1. The number of carboxylic acid groups (broad SMARTS) is 1. The van der Waals surface area contributed by atoms with Crippen molar-refractivity contribution >= 4 is 44.8 Å². The molecule has 0 spiro atoms. The highest BCUT2D eigenvalue weighted by Crippen LogP contribution is 2.35.